The van der Waals surface area contributed by atoms with Gasteiger partial charge in [0.15, 0.2) is 5.82 Å². The van der Waals surface area contributed by atoms with E-state index in [2.05, 4.69) is 42.2 Å². The van der Waals surface area contributed by atoms with Crippen LogP contribution in [0.1, 0.15) is 18.7 Å². The molecule has 0 radical (unpaired) electrons. The van der Waals surface area contributed by atoms with Gasteiger partial charge in [-0.05, 0) is 55.4 Å². The van der Waals surface area contributed by atoms with E-state index in [0.29, 0.717) is 17.5 Å². The molecule has 0 saturated carbocycles. The second kappa shape index (κ2) is 10.1. The van der Waals surface area contributed by atoms with Gasteiger partial charge in [-0.2, -0.15) is 4.68 Å². The van der Waals surface area contributed by atoms with Crippen molar-refractivity contribution in [3.05, 3.63) is 53.9 Å². The zero-order chi connectivity index (χ0) is 25.2. The monoisotopic (exact) mass is 515 g/mol. The smallest absolute Gasteiger partial charge is 0.227 e. The van der Waals surface area contributed by atoms with Gasteiger partial charge >= 0.3 is 0 Å². The van der Waals surface area contributed by atoms with E-state index in [1.165, 1.54) is 0 Å². The normalized spacial score (nSPS) is 14.1. The maximum Gasteiger partial charge on any atom is 0.227 e. The van der Waals surface area contributed by atoms with Crippen molar-refractivity contribution < 1.29 is 9.47 Å². The fraction of sp³-hybridized carbons (Fsp3) is 0.280. The predicted molar refractivity (Wildman–Crippen MR) is 141 cm³/mol. The molecule has 0 atom stereocenters. The summed E-state index contributed by atoms with van der Waals surface area (Å²) in [5.74, 6) is 2.56. The van der Waals surface area contributed by atoms with Gasteiger partial charge in [-0.15, -0.1) is 16.4 Å². The van der Waals surface area contributed by atoms with Crippen molar-refractivity contribution in [2.24, 2.45) is 0 Å². The Morgan fingerprint density at radius 2 is 2.00 bits per heavy atom. The zero-order valence-electron chi connectivity index (χ0n) is 20.4. The molecule has 188 valence electrons. The zero-order valence-corrected chi connectivity index (χ0v) is 21.2. The lowest BCUT2D eigenvalue weighted by molar-refractivity contribution is 0.163. The van der Waals surface area contributed by atoms with E-state index >= 15 is 0 Å². The first-order chi connectivity index (χ1) is 18.2. The van der Waals surface area contributed by atoms with Crippen molar-refractivity contribution >= 4 is 33.9 Å². The van der Waals surface area contributed by atoms with Gasteiger partial charge in [0.05, 0.1) is 23.9 Å². The lowest BCUT2D eigenvalue weighted by Crippen LogP contribution is -2.34. The summed E-state index contributed by atoms with van der Waals surface area (Å²) in [4.78, 5) is 13.9. The number of aromatic nitrogens is 7. The van der Waals surface area contributed by atoms with Gasteiger partial charge in [-0.25, -0.2) is 15.0 Å². The highest BCUT2D eigenvalue weighted by Crippen LogP contribution is 2.36. The van der Waals surface area contributed by atoms with E-state index in [0.717, 1.165) is 64.5 Å². The molecule has 1 aliphatic heterocycles. The molecule has 1 saturated heterocycles. The van der Waals surface area contributed by atoms with E-state index in [4.69, 9.17) is 14.5 Å². The quantitative estimate of drug-likeness (QED) is 0.329. The Hall–Kier alpha value is -4.16. The fourth-order valence-corrected chi connectivity index (χ4v) is 4.99. The number of nitrogens with zero attached hydrogens (tertiary/aromatic N) is 7. The van der Waals surface area contributed by atoms with E-state index in [1.807, 2.05) is 42.8 Å². The molecule has 12 heteroatoms. The van der Waals surface area contributed by atoms with Crippen molar-refractivity contribution in [3.8, 4) is 27.8 Å². The Labute approximate surface area is 216 Å². The molecule has 0 amide bonds. The number of tetrazole rings is 1. The summed E-state index contributed by atoms with van der Waals surface area (Å²) in [6.07, 6.45) is 5.70. The van der Waals surface area contributed by atoms with Crippen molar-refractivity contribution in [1.82, 2.24) is 40.5 Å². The Kier molecular flexibility index (Phi) is 6.33. The number of methoxy groups -OCH3 is 1. The molecule has 6 rings (SSSR count). The van der Waals surface area contributed by atoms with Gasteiger partial charge in [0.2, 0.25) is 5.95 Å². The first-order valence-electron chi connectivity index (χ1n) is 12.0. The third-order valence-electron chi connectivity index (χ3n) is 6.18. The standard InChI is InChI=1S/C25H25N9O2S/c1-15-31-32-33-34(15)18-10-17(11-20(12-18)35-2)29-25-28-14-16-9-21(24-27-7-8-37-24)23(13-22(16)30-25)36-19-3-5-26-6-4-19/h7-14,19,26H,3-6H2,1-2H3,(H,28,29,30). The van der Waals surface area contributed by atoms with Crippen LogP contribution >= 0.6 is 11.3 Å². The van der Waals surface area contributed by atoms with Gasteiger partial charge in [-0.1, -0.05) is 0 Å². The minimum Gasteiger partial charge on any atom is -0.497 e. The highest BCUT2D eigenvalue weighted by molar-refractivity contribution is 7.13. The first-order valence-corrected chi connectivity index (χ1v) is 12.8. The summed E-state index contributed by atoms with van der Waals surface area (Å²) in [6, 6.07) is 9.69. The van der Waals surface area contributed by atoms with Crippen LogP contribution in [0.4, 0.5) is 11.6 Å². The number of thiazole rings is 1. The molecule has 0 aliphatic carbocycles. The number of aryl methyl sites for hydroxylation is 1. The molecule has 5 aromatic rings. The number of hydrogen-bond donors (Lipinski definition) is 2. The first kappa shape index (κ1) is 23.3. The summed E-state index contributed by atoms with van der Waals surface area (Å²) in [6.45, 7) is 3.74. The highest BCUT2D eigenvalue weighted by Gasteiger charge is 2.19. The third-order valence-corrected chi connectivity index (χ3v) is 6.98. The third kappa shape index (κ3) is 4.93. The number of anilines is 2. The van der Waals surface area contributed by atoms with Crippen molar-refractivity contribution in [2.45, 2.75) is 25.9 Å². The molecule has 2 aromatic carbocycles. The lowest BCUT2D eigenvalue weighted by atomic mass is 10.1. The van der Waals surface area contributed by atoms with Crippen molar-refractivity contribution in [1.29, 1.82) is 0 Å². The van der Waals surface area contributed by atoms with Gasteiger partial charge < -0.3 is 20.1 Å². The average Bonchev–Trinajstić information content (AvgIpc) is 3.61. The SMILES string of the molecule is COc1cc(Nc2ncc3cc(-c4nccs4)c(OC4CCNCC4)cc3n2)cc(-n2nnnc2C)c1. The van der Waals surface area contributed by atoms with Crippen LogP contribution in [-0.2, 0) is 0 Å². The average molecular weight is 516 g/mol. The van der Waals surface area contributed by atoms with Crippen LogP contribution in [0.2, 0.25) is 0 Å². The molecular formula is C25H25N9O2S. The Morgan fingerprint density at radius 1 is 1.11 bits per heavy atom. The largest absolute Gasteiger partial charge is 0.497 e. The molecule has 1 fully saturated rings. The van der Waals surface area contributed by atoms with Crippen LogP contribution < -0.4 is 20.1 Å². The van der Waals surface area contributed by atoms with Gasteiger partial charge in [0.1, 0.15) is 22.6 Å². The molecule has 0 spiro atoms. The maximum absolute atomic E-state index is 6.48. The predicted octanol–water partition coefficient (Wildman–Crippen LogP) is 3.92. The molecule has 0 unspecified atom stereocenters. The van der Waals surface area contributed by atoms with E-state index < -0.39 is 0 Å². The van der Waals surface area contributed by atoms with Crippen molar-refractivity contribution in [2.75, 3.05) is 25.5 Å². The number of benzene rings is 2. The number of hydrogen-bond acceptors (Lipinski definition) is 11. The van der Waals surface area contributed by atoms with Crippen LogP contribution in [-0.4, -0.2) is 61.5 Å². The Morgan fingerprint density at radius 3 is 2.76 bits per heavy atom. The summed E-state index contributed by atoms with van der Waals surface area (Å²) >= 11 is 1.59. The number of rotatable bonds is 7. The maximum atomic E-state index is 6.48. The topological polar surface area (TPSA) is 125 Å². The summed E-state index contributed by atoms with van der Waals surface area (Å²) in [5.41, 5.74) is 3.24. The van der Waals surface area contributed by atoms with Gasteiger partial charge in [-0.3, -0.25) is 0 Å². The van der Waals surface area contributed by atoms with Crippen LogP contribution in [0.15, 0.2) is 48.1 Å². The Bertz CT molecular complexity index is 1530. The molecule has 2 N–H and O–H groups in total. The number of fused-ring (bicyclic) bond motifs is 1. The molecule has 1 aliphatic rings. The number of piperidine rings is 1. The molecule has 4 heterocycles. The van der Waals surface area contributed by atoms with Crippen LogP contribution in [0.3, 0.4) is 0 Å². The van der Waals surface area contributed by atoms with Crippen LogP contribution in [0.25, 0.3) is 27.2 Å². The molecule has 11 nitrogen and oxygen atoms in total. The second-order valence-electron chi connectivity index (χ2n) is 8.69. The summed E-state index contributed by atoms with van der Waals surface area (Å²) in [5, 5.41) is 22.2. The van der Waals surface area contributed by atoms with Crippen LogP contribution in [0, 0.1) is 6.92 Å². The van der Waals surface area contributed by atoms with Crippen LogP contribution in [0.5, 0.6) is 11.5 Å². The Balaban J connectivity index is 1.35. The molecular weight excluding hydrogens is 490 g/mol. The van der Waals surface area contributed by atoms with E-state index in [-0.39, 0.29) is 6.10 Å². The van der Waals surface area contributed by atoms with E-state index in [1.54, 1.807) is 29.3 Å². The van der Waals surface area contributed by atoms with Crippen molar-refractivity contribution in [3.63, 3.8) is 0 Å². The molecule has 3 aromatic heterocycles. The highest BCUT2D eigenvalue weighted by atomic mass is 32.1. The van der Waals surface area contributed by atoms with E-state index in [9.17, 15) is 0 Å². The van der Waals surface area contributed by atoms with Gasteiger partial charge in [0.25, 0.3) is 0 Å². The fourth-order valence-electron chi connectivity index (χ4n) is 4.33. The number of nitrogens with one attached hydrogen (secondary N) is 2. The summed E-state index contributed by atoms with van der Waals surface area (Å²) < 4.78 is 13.6. The van der Waals surface area contributed by atoms with Gasteiger partial charge in [0, 0.05) is 47.0 Å². The minimum absolute atomic E-state index is 0.154. The summed E-state index contributed by atoms with van der Waals surface area (Å²) in [7, 11) is 1.62. The number of ether oxygens (including phenoxy) is 2. The minimum atomic E-state index is 0.154. The molecule has 37 heavy (non-hydrogen) atoms. The molecule has 0 bridgehead atoms. The second-order valence-corrected chi connectivity index (χ2v) is 9.58. The lowest BCUT2D eigenvalue weighted by Gasteiger charge is -2.25.